The Kier molecular flexibility index (Phi) is 4.84. The minimum atomic E-state index is -0.453. The molecule has 5 heteroatoms. The van der Waals surface area contributed by atoms with Crippen LogP contribution in [0.3, 0.4) is 0 Å². The van der Waals surface area contributed by atoms with Crippen molar-refractivity contribution in [2.24, 2.45) is 0 Å². The highest BCUT2D eigenvalue weighted by Crippen LogP contribution is 2.25. The second-order valence-electron chi connectivity index (χ2n) is 5.93. The lowest BCUT2D eigenvalue weighted by atomic mass is 10.1. The van der Waals surface area contributed by atoms with Gasteiger partial charge in [-0.15, -0.1) is 0 Å². The van der Waals surface area contributed by atoms with Gasteiger partial charge in [-0.25, -0.2) is 9.48 Å². The van der Waals surface area contributed by atoms with Gasteiger partial charge in [0.2, 0.25) is 5.88 Å². The van der Waals surface area contributed by atoms with E-state index in [0.717, 1.165) is 11.4 Å². The summed E-state index contributed by atoms with van der Waals surface area (Å²) in [6.45, 7) is 4.09. The molecule has 0 saturated carbocycles. The van der Waals surface area contributed by atoms with E-state index in [0.29, 0.717) is 17.2 Å². The summed E-state index contributed by atoms with van der Waals surface area (Å²) >= 11 is 0. The van der Waals surface area contributed by atoms with Gasteiger partial charge in [-0.2, -0.15) is 5.10 Å². The monoisotopic (exact) mass is 336 g/mol. The first kappa shape index (κ1) is 16.8. The molecule has 0 radical (unpaired) electrons. The van der Waals surface area contributed by atoms with Gasteiger partial charge in [-0.1, -0.05) is 38.1 Å². The Hall–Kier alpha value is -3.08. The third-order valence-corrected chi connectivity index (χ3v) is 3.79. The van der Waals surface area contributed by atoms with Crippen molar-refractivity contribution in [3.05, 3.63) is 71.9 Å². The van der Waals surface area contributed by atoms with Crippen molar-refractivity contribution in [3.8, 4) is 17.3 Å². The van der Waals surface area contributed by atoms with Crippen LogP contribution in [0, 0.1) is 0 Å². The largest absolute Gasteiger partial charge is 0.497 e. The highest BCUT2D eigenvalue weighted by Gasteiger charge is 2.17. The van der Waals surface area contributed by atoms with Crippen LogP contribution in [0.25, 0.3) is 5.69 Å². The number of ether oxygens (including phenoxy) is 2. The number of esters is 1. The van der Waals surface area contributed by atoms with Crippen LogP contribution in [-0.2, 0) is 0 Å². The Morgan fingerprint density at radius 2 is 1.80 bits per heavy atom. The SMILES string of the molecule is COc1cccc(C(=O)Oc2cc(C(C)C)nn2-c2ccccc2)c1. The number of methoxy groups -OCH3 is 1. The highest BCUT2D eigenvalue weighted by molar-refractivity contribution is 5.91. The fourth-order valence-corrected chi connectivity index (χ4v) is 2.39. The van der Waals surface area contributed by atoms with Gasteiger partial charge in [0.15, 0.2) is 0 Å². The fraction of sp³-hybridized carbons (Fsp3) is 0.200. The minimum absolute atomic E-state index is 0.222. The second kappa shape index (κ2) is 7.21. The van der Waals surface area contributed by atoms with Gasteiger partial charge in [0.05, 0.1) is 24.1 Å². The molecule has 128 valence electrons. The average Bonchev–Trinajstić information content (AvgIpc) is 3.06. The molecular weight excluding hydrogens is 316 g/mol. The van der Waals surface area contributed by atoms with Crippen LogP contribution >= 0.6 is 0 Å². The lowest BCUT2D eigenvalue weighted by Crippen LogP contribution is -2.11. The molecule has 3 aromatic rings. The van der Waals surface area contributed by atoms with E-state index < -0.39 is 5.97 Å². The molecular formula is C20H20N2O3. The van der Waals surface area contributed by atoms with Crippen molar-refractivity contribution in [2.45, 2.75) is 19.8 Å². The van der Waals surface area contributed by atoms with Gasteiger partial charge >= 0.3 is 5.97 Å². The van der Waals surface area contributed by atoms with Crippen LogP contribution in [0.2, 0.25) is 0 Å². The molecule has 0 saturated heterocycles. The van der Waals surface area contributed by atoms with E-state index >= 15 is 0 Å². The summed E-state index contributed by atoms with van der Waals surface area (Å²) in [7, 11) is 1.56. The first-order valence-electron chi connectivity index (χ1n) is 8.10. The Morgan fingerprint density at radius 3 is 2.48 bits per heavy atom. The lowest BCUT2D eigenvalue weighted by Gasteiger charge is -2.08. The molecule has 0 atom stereocenters. The van der Waals surface area contributed by atoms with Crippen molar-refractivity contribution in [3.63, 3.8) is 0 Å². The highest BCUT2D eigenvalue weighted by atomic mass is 16.5. The van der Waals surface area contributed by atoms with Gasteiger partial charge in [0.1, 0.15) is 5.75 Å². The number of carbonyl (C=O) groups excluding carboxylic acids is 1. The molecule has 0 N–H and O–H groups in total. The summed E-state index contributed by atoms with van der Waals surface area (Å²) in [5.74, 6) is 0.766. The fourth-order valence-electron chi connectivity index (χ4n) is 2.39. The molecule has 0 bridgehead atoms. The summed E-state index contributed by atoms with van der Waals surface area (Å²) < 4.78 is 12.4. The normalized spacial score (nSPS) is 10.7. The zero-order chi connectivity index (χ0) is 17.8. The summed E-state index contributed by atoms with van der Waals surface area (Å²) in [5.41, 5.74) is 2.12. The molecule has 1 heterocycles. The minimum Gasteiger partial charge on any atom is -0.497 e. The summed E-state index contributed by atoms with van der Waals surface area (Å²) in [4.78, 5) is 12.5. The number of benzene rings is 2. The van der Waals surface area contributed by atoms with Gasteiger partial charge in [0, 0.05) is 6.07 Å². The van der Waals surface area contributed by atoms with E-state index in [1.807, 2.05) is 44.2 Å². The van der Waals surface area contributed by atoms with Crippen LogP contribution in [-0.4, -0.2) is 22.9 Å². The molecule has 0 fully saturated rings. The summed E-state index contributed by atoms with van der Waals surface area (Å²) in [6.07, 6.45) is 0. The molecule has 25 heavy (non-hydrogen) atoms. The van der Waals surface area contributed by atoms with E-state index in [4.69, 9.17) is 9.47 Å². The predicted molar refractivity (Wildman–Crippen MR) is 95.6 cm³/mol. The molecule has 0 aliphatic rings. The maximum atomic E-state index is 12.5. The molecule has 0 amide bonds. The van der Waals surface area contributed by atoms with Crippen molar-refractivity contribution in [1.82, 2.24) is 9.78 Å². The molecule has 2 aromatic carbocycles. The molecule has 0 spiro atoms. The van der Waals surface area contributed by atoms with Crippen molar-refractivity contribution < 1.29 is 14.3 Å². The van der Waals surface area contributed by atoms with Gasteiger partial charge < -0.3 is 9.47 Å². The molecule has 0 aliphatic carbocycles. The molecule has 5 nitrogen and oxygen atoms in total. The van der Waals surface area contributed by atoms with E-state index in [1.165, 1.54) is 0 Å². The summed E-state index contributed by atoms with van der Waals surface area (Å²) in [5, 5.41) is 4.58. The predicted octanol–water partition coefficient (Wildman–Crippen LogP) is 4.22. The van der Waals surface area contributed by atoms with Crippen molar-refractivity contribution in [1.29, 1.82) is 0 Å². The molecule has 1 aromatic heterocycles. The second-order valence-corrected chi connectivity index (χ2v) is 5.93. The standard InChI is InChI=1S/C20H20N2O3/c1-14(2)18-13-19(22(21-18)16-9-5-4-6-10-16)25-20(23)15-8-7-11-17(12-15)24-3/h4-14H,1-3H3. The third kappa shape index (κ3) is 3.71. The molecule has 3 rings (SSSR count). The van der Waals surface area contributed by atoms with Gasteiger partial charge in [0.25, 0.3) is 0 Å². The Labute approximate surface area is 146 Å². The molecule has 0 unspecified atom stereocenters. The third-order valence-electron chi connectivity index (χ3n) is 3.79. The van der Waals surface area contributed by atoms with E-state index in [2.05, 4.69) is 5.10 Å². The number of hydrogen-bond acceptors (Lipinski definition) is 4. The van der Waals surface area contributed by atoms with Crippen LogP contribution < -0.4 is 9.47 Å². The van der Waals surface area contributed by atoms with Gasteiger partial charge in [-0.05, 0) is 36.2 Å². The number of carbonyl (C=O) groups is 1. The summed E-state index contributed by atoms with van der Waals surface area (Å²) in [6, 6.07) is 18.3. The number of hydrogen-bond donors (Lipinski definition) is 0. The number of nitrogens with zero attached hydrogens (tertiary/aromatic N) is 2. The Bertz CT molecular complexity index is 870. The van der Waals surface area contributed by atoms with Crippen LogP contribution in [0.4, 0.5) is 0 Å². The topological polar surface area (TPSA) is 53.4 Å². The number of rotatable bonds is 5. The van der Waals surface area contributed by atoms with Crippen LogP contribution in [0.5, 0.6) is 11.6 Å². The first-order valence-corrected chi connectivity index (χ1v) is 8.10. The zero-order valence-electron chi connectivity index (χ0n) is 14.5. The van der Waals surface area contributed by atoms with Crippen LogP contribution in [0.15, 0.2) is 60.7 Å². The van der Waals surface area contributed by atoms with Gasteiger partial charge in [-0.3, -0.25) is 0 Å². The Morgan fingerprint density at radius 1 is 1.04 bits per heavy atom. The number of para-hydroxylation sites is 1. The quantitative estimate of drug-likeness (QED) is 0.655. The van der Waals surface area contributed by atoms with E-state index in [9.17, 15) is 4.79 Å². The molecule has 0 aliphatic heterocycles. The maximum Gasteiger partial charge on any atom is 0.344 e. The average molecular weight is 336 g/mol. The number of aromatic nitrogens is 2. The maximum absolute atomic E-state index is 12.5. The Balaban J connectivity index is 1.94. The van der Waals surface area contributed by atoms with Crippen molar-refractivity contribution in [2.75, 3.05) is 7.11 Å². The first-order chi connectivity index (χ1) is 12.1. The van der Waals surface area contributed by atoms with Crippen LogP contribution in [0.1, 0.15) is 35.8 Å². The smallest absolute Gasteiger partial charge is 0.344 e. The van der Waals surface area contributed by atoms with E-state index in [-0.39, 0.29) is 5.92 Å². The lowest BCUT2D eigenvalue weighted by molar-refractivity contribution is 0.0722. The van der Waals surface area contributed by atoms with Crippen molar-refractivity contribution >= 4 is 5.97 Å². The van der Waals surface area contributed by atoms with E-state index in [1.54, 1.807) is 42.1 Å². The zero-order valence-corrected chi connectivity index (χ0v) is 14.5.